The lowest BCUT2D eigenvalue weighted by molar-refractivity contribution is 1.73. The molecule has 0 rings (SSSR count). The third-order valence-corrected chi connectivity index (χ3v) is 0.940. The Hall–Kier alpha value is -0.0500. The fraction of sp³-hybridized carbons (Fsp3) is 0.143. The van der Waals surface area contributed by atoms with Crippen molar-refractivity contribution in [2.45, 2.75) is 6.92 Å². The molecule has 0 aromatic carbocycles. The van der Waals surface area contributed by atoms with Gasteiger partial charge in [-0.05, 0) is 35.6 Å². The van der Waals surface area contributed by atoms with Crippen LogP contribution in [0.1, 0.15) is 6.92 Å². The lowest BCUT2D eigenvalue weighted by atomic mass is 10.4. The zero-order valence-corrected chi connectivity index (χ0v) is 7.05. The van der Waals surface area contributed by atoms with Crippen LogP contribution in [-0.4, -0.2) is 0 Å². The zero-order valence-electron chi connectivity index (χ0n) is 4.89. The van der Waals surface area contributed by atoms with Crippen LogP contribution >= 0.6 is 22.6 Å². The van der Waals surface area contributed by atoms with Gasteiger partial charge in [-0.15, -0.1) is 0 Å². The van der Waals surface area contributed by atoms with E-state index in [4.69, 9.17) is 0 Å². The predicted octanol–water partition coefficient (Wildman–Crippen LogP) is 3.07. The zero-order chi connectivity index (χ0) is 6.41. The smallest absolute Gasteiger partial charge is 0.00579 e. The highest BCUT2D eigenvalue weighted by Crippen LogP contribution is 2.01. The van der Waals surface area contributed by atoms with Crippen LogP contribution in [-0.2, 0) is 0 Å². The van der Waals surface area contributed by atoms with Crippen molar-refractivity contribution in [3.8, 4) is 0 Å². The Morgan fingerprint density at radius 2 is 2.12 bits per heavy atom. The fourth-order valence-electron chi connectivity index (χ4n) is 0.271. The van der Waals surface area contributed by atoms with E-state index >= 15 is 0 Å². The molecule has 0 aromatic heterocycles. The van der Waals surface area contributed by atoms with Gasteiger partial charge in [0, 0.05) is 3.58 Å². The predicted molar refractivity (Wildman–Crippen MR) is 47.1 cm³/mol. The first-order valence-electron chi connectivity index (χ1n) is 2.41. The first-order valence-corrected chi connectivity index (χ1v) is 3.49. The molecule has 0 nitrogen and oxygen atoms in total. The maximum atomic E-state index is 3.69. The Bertz CT molecular complexity index is 120. The van der Waals surface area contributed by atoms with E-state index in [2.05, 4.69) is 29.2 Å². The highest BCUT2D eigenvalue weighted by molar-refractivity contribution is 14.1. The third kappa shape index (κ3) is 5.95. The first kappa shape index (κ1) is 7.95. The Kier molecular flexibility index (Phi) is 5.06. The monoisotopic (exact) mass is 220 g/mol. The number of allylic oxidation sites excluding steroid dienone is 5. The summed E-state index contributed by atoms with van der Waals surface area (Å²) in [4.78, 5) is 0. The van der Waals surface area contributed by atoms with Crippen LogP contribution < -0.4 is 0 Å². The van der Waals surface area contributed by atoms with Gasteiger partial charge < -0.3 is 0 Å². The van der Waals surface area contributed by atoms with Crippen molar-refractivity contribution >= 4 is 22.6 Å². The maximum Gasteiger partial charge on any atom is 0.00579 e. The summed E-state index contributed by atoms with van der Waals surface area (Å²) in [6.45, 7) is 5.68. The SMILES string of the molecule is C=C(I)/C=C\C=C/C. The van der Waals surface area contributed by atoms with Crippen LogP contribution in [0.5, 0.6) is 0 Å². The average molecular weight is 220 g/mol. The molecule has 8 heavy (non-hydrogen) atoms. The molecule has 0 unspecified atom stereocenters. The van der Waals surface area contributed by atoms with Gasteiger partial charge in [0.2, 0.25) is 0 Å². The Morgan fingerprint density at radius 3 is 2.50 bits per heavy atom. The minimum atomic E-state index is 1.06. The minimum Gasteiger partial charge on any atom is -0.0877 e. The maximum absolute atomic E-state index is 3.69. The molecule has 44 valence electrons. The van der Waals surface area contributed by atoms with Crippen molar-refractivity contribution in [3.63, 3.8) is 0 Å². The number of hydrogen-bond acceptors (Lipinski definition) is 0. The Labute approximate surface area is 64.1 Å². The lowest BCUT2D eigenvalue weighted by Crippen LogP contribution is -1.51. The molecule has 0 aliphatic carbocycles. The summed E-state index contributed by atoms with van der Waals surface area (Å²) in [6, 6.07) is 0. The topological polar surface area (TPSA) is 0 Å². The van der Waals surface area contributed by atoms with Crippen molar-refractivity contribution in [1.29, 1.82) is 0 Å². The van der Waals surface area contributed by atoms with E-state index in [1.807, 2.05) is 31.2 Å². The lowest BCUT2D eigenvalue weighted by Gasteiger charge is -1.76. The van der Waals surface area contributed by atoms with Gasteiger partial charge in [-0.2, -0.15) is 0 Å². The number of rotatable bonds is 2. The van der Waals surface area contributed by atoms with E-state index in [0.29, 0.717) is 0 Å². The Balaban J connectivity index is 3.50. The highest BCUT2D eigenvalue weighted by Gasteiger charge is 1.69. The molecule has 0 fully saturated rings. The van der Waals surface area contributed by atoms with Gasteiger partial charge in [0.1, 0.15) is 0 Å². The van der Waals surface area contributed by atoms with Crippen LogP contribution in [0.25, 0.3) is 0 Å². The number of halogens is 1. The van der Waals surface area contributed by atoms with Gasteiger partial charge in [0.05, 0.1) is 0 Å². The van der Waals surface area contributed by atoms with E-state index in [1.54, 1.807) is 0 Å². The summed E-state index contributed by atoms with van der Waals surface area (Å²) in [6.07, 6.45) is 7.88. The van der Waals surface area contributed by atoms with Crippen LogP contribution in [0, 0.1) is 0 Å². The quantitative estimate of drug-likeness (QED) is 0.495. The van der Waals surface area contributed by atoms with E-state index in [0.717, 1.165) is 3.58 Å². The molecule has 0 saturated carbocycles. The van der Waals surface area contributed by atoms with Crippen molar-refractivity contribution in [2.24, 2.45) is 0 Å². The molecule has 0 aliphatic heterocycles. The summed E-state index contributed by atoms with van der Waals surface area (Å²) in [5, 5.41) is 0. The van der Waals surface area contributed by atoms with E-state index in [9.17, 15) is 0 Å². The second kappa shape index (κ2) is 5.09. The van der Waals surface area contributed by atoms with Crippen LogP contribution in [0.4, 0.5) is 0 Å². The molecule has 0 heterocycles. The van der Waals surface area contributed by atoms with Crippen molar-refractivity contribution in [3.05, 3.63) is 34.5 Å². The molecule has 0 bridgehead atoms. The molecule has 0 atom stereocenters. The van der Waals surface area contributed by atoms with E-state index < -0.39 is 0 Å². The summed E-state index contributed by atoms with van der Waals surface area (Å²) < 4.78 is 1.06. The highest BCUT2D eigenvalue weighted by atomic mass is 127. The third-order valence-electron chi connectivity index (χ3n) is 0.581. The summed E-state index contributed by atoms with van der Waals surface area (Å²) in [5.74, 6) is 0. The normalized spacial score (nSPS) is 11.2. The van der Waals surface area contributed by atoms with Gasteiger partial charge in [-0.25, -0.2) is 0 Å². The van der Waals surface area contributed by atoms with Crippen molar-refractivity contribution < 1.29 is 0 Å². The standard InChI is InChI=1S/C7H9I/c1-3-4-5-6-7(2)8/h3-6H,2H2,1H3/b4-3-,6-5-. The molecule has 1 heteroatoms. The largest absolute Gasteiger partial charge is 0.0877 e. The second-order valence-electron chi connectivity index (χ2n) is 1.33. The molecular weight excluding hydrogens is 211 g/mol. The minimum absolute atomic E-state index is 1.06. The summed E-state index contributed by atoms with van der Waals surface area (Å²) >= 11 is 2.17. The molecular formula is C7H9I. The first-order chi connectivity index (χ1) is 3.77. The van der Waals surface area contributed by atoms with Gasteiger partial charge in [-0.1, -0.05) is 24.8 Å². The molecule has 0 amide bonds. The van der Waals surface area contributed by atoms with Crippen LogP contribution in [0.2, 0.25) is 0 Å². The second-order valence-corrected chi connectivity index (χ2v) is 2.72. The summed E-state index contributed by atoms with van der Waals surface area (Å²) in [5.41, 5.74) is 0. The van der Waals surface area contributed by atoms with Gasteiger partial charge in [0.25, 0.3) is 0 Å². The molecule has 0 spiro atoms. The van der Waals surface area contributed by atoms with Gasteiger partial charge in [0.15, 0.2) is 0 Å². The van der Waals surface area contributed by atoms with Crippen LogP contribution in [0.15, 0.2) is 34.5 Å². The van der Waals surface area contributed by atoms with Crippen LogP contribution in [0.3, 0.4) is 0 Å². The summed E-state index contributed by atoms with van der Waals surface area (Å²) in [7, 11) is 0. The Morgan fingerprint density at radius 1 is 1.50 bits per heavy atom. The molecule has 0 saturated heterocycles. The number of hydrogen-bond donors (Lipinski definition) is 0. The van der Waals surface area contributed by atoms with Gasteiger partial charge >= 0.3 is 0 Å². The van der Waals surface area contributed by atoms with Gasteiger partial charge in [-0.3, -0.25) is 0 Å². The molecule has 0 radical (unpaired) electrons. The molecule has 0 aromatic rings. The van der Waals surface area contributed by atoms with Crippen molar-refractivity contribution in [1.82, 2.24) is 0 Å². The average Bonchev–Trinajstić information content (AvgIpc) is 1.66. The van der Waals surface area contributed by atoms with E-state index in [-0.39, 0.29) is 0 Å². The van der Waals surface area contributed by atoms with Crippen molar-refractivity contribution in [2.75, 3.05) is 0 Å². The molecule has 0 aliphatic rings. The fourth-order valence-corrected chi connectivity index (χ4v) is 0.479. The molecule has 0 N–H and O–H groups in total. The van der Waals surface area contributed by atoms with E-state index in [1.165, 1.54) is 0 Å².